The third-order valence-corrected chi connectivity index (χ3v) is 3.58. The molecule has 0 spiro atoms. The number of amides is 1. The molecule has 4 nitrogen and oxygen atoms in total. The molecule has 0 aromatic carbocycles. The van der Waals surface area contributed by atoms with Gasteiger partial charge in [0.05, 0.1) is 6.54 Å². The van der Waals surface area contributed by atoms with Crippen molar-refractivity contribution in [3.63, 3.8) is 0 Å². The van der Waals surface area contributed by atoms with Crippen molar-refractivity contribution in [1.29, 1.82) is 0 Å². The predicted molar refractivity (Wildman–Crippen MR) is 75.4 cm³/mol. The van der Waals surface area contributed by atoms with E-state index in [4.69, 9.17) is 5.73 Å². The van der Waals surface area contributed by atoms with Crippen LogP contribution in [-0.2, 0) is 4.79 Å². The van der Waals surface area contributed by atoms with Crippen molar-refractivity contribution >= 4 is 5.91 Å². The predicted octanol–water partition coefficient (Wildman–Crippen LogP) is 1.45. The molecule has 0 aromatic rings. The van der Waals surface area contributed by atoms with Gasteiger partial charge in [-0.3, -0.25) is 9.69 Å². The summed E-state index contributed by atoms with van der Waals surface area (Å²) in [6.45, 7) is 8.57. The second kappa shape index (κ2) is 8.48. The minimum atomic E-state index is 0.262. The number of likely N-dealkylation sites (tertiary alicyclic amines) is 1. The van der Waals surface area contributed by atoms with Gasteiger partial charge in [-0.05, 0) is 19.3 Å². The first kappa shape index (κ1) is 15.4. The summed E-state index contributed by atoms with van der Waals surface area (Å²) in [5.41, 5.74) is 5.87. The van der Waals surface area contributed by atoms with Gasteiger partial charge in [0.2, 0.25) is 5.91 Å². The first-order valence-electron chi connectivity index (χ1n) is 7.43. The average molecular weight is 255 g/mol. The lowest BCUT2D eigenvalue weighted by Gasteiger charge is -2.25. The summed E-state index contributed by atoms with van der Waals surface area (Å²) in [6, 6.07) is 0.262. The molecule has 1 saturated heterocycles. The molecule has 4 heteroatoms. The van der Waals surface area contributed by atoms with E-state index >= 15 is 0 Å². The molecule has 0 bridgehead atoms. The quantitative estimate of drug-likeness (QED) is 0.714. The van der Waals surface area contributed by atoms with E-state index in [9.17, 15) is 4.79 Å². The third kappa shape index (κ3) is 5.36. The summed E-state index contributed by atoms with van der Waals surface area (Å²) < 4.78 is 0. The average Bonchev–Trinajstić information content (AvgIpc) is 2.75. The second-order valence-electron chi connectivity index (χ2n) is 5.37. The van der Waals surface area contributed by atoms with Crippen molar-refractivity contribution in [3.05, 3.63) is 0 Å². The van der Waals surface area contributed by atoms with Crippen LogP contribution < -0.4 is 5.73 Å². The smallest absolute Gasteiger partial charge is 0.236 e. The molecular formula is C14H29N3O. The molecule has 18 heavy (non-hydrogen) atoms. The lowest BCUT2D eigenvalue weighted by molar-refractivity contribution is -0.132. The van der Waals surface area contributed by atoms with Gasteiger partial charge in [-0.1, -0.05) is 26.7 Å². The number of hydrogen-bond acceptors (Lipinski definition) is 3. The van der Waals surface area contributed by atoms with Crippen molar-refractivity contribution in [3.8, 4) is 0 Å². The van der Waals surface area contributed by atoms with Crippen LogP contribution in [0.2, 0.25) is 0 Å². The Hall–Kier alpha value is -0.610. The van der Waals surface area contributed by atoms with Gasteiger partial charge < -0.3 is 10.6 Å². The fraction of sp³-hybridized carbons (Fsp3) is 0.929. The topological polar surface area (TPSA) is 49.6 Å². The van der Waals surface area contributed by atoms with E-state index in [1.54, 1.807) is 0 Å². The number of nitrogens with zero attached hydrogens (tertiary/aromatic N) is 2. The highest BCUT2D eigenvalue weighted by atomic mass is 16.2. The summed E-state index contributed by atoms with van der Waals surface area (Å²) >= 11 is 0. The Balaban J connectivity index is 2.37. The van der Waals surface area contributed by atoms with Crippen LogP contribution in [-0.4, -0.2) is 54.5 Å². The highest BCUT2D eigenvalue weighted by Crippen LogP contribution is 2.08. The number of rotatable bonds is 8. The van der Waals surface area contributed by atoms with Crippen LogP contribution >= 0.6 is 0 Å². The molecule has 0 radical (unpaired) electrons. The van der Waals surface area contributed by atoms with Gasteiger partial charge in [0.15, 0.2) is 0 Å². The molecule has 2 N–H and O–H groups in total. The maximum atomic E-state index is 12.3. The molecule has 1 aliphatic heterocycles. The summed E-state index contributed by atoms with van der Waals surface area (Å²) in [7, 11) is 0. The van der Waals surface area contributed by atoms with E-state index in [2.05, 4.69) is 18.7 Å². The molecule has 1 rings (SSSR count). The lowest BCUT2D eigenvalue weighted by atomic mass is 10.2. The van der Waals surface area contributed by atoms with Gasteiger partial charge in [-0.25, -0.2) is 0 Å². The molecule has 1 atom stereocenters. The number of carbonyl (C=O) groups excluding carboxylic acids is 1. The van der Waals surface area contributed by atoms with E-state index in [0.717, 1.165) is 58.3 Å². The van der Waals surface area contributed by atoms with Crippen molar-refractivity contribution in [2.45, 2.75) is 52.0 Å². The van der Waals surface area contributed by atoms with Gasteiger partial charge in [0.1, 0.15) is 0 Å². The number of unbranched alkanes of at least 4 members (excludes halogenated alkanes) is 2. The van der Waals surface area contributed by atoms with E-state index in [-0.39, 0.29) is 11.9 Å². The van der Waals surface area contributed by atoms with Crippen LogP contribution in [0.3, 0.4) is 0 Å². The summed E-state index contributed by atoms with van der Waals surface area (Å²) in [6.07, 6.45) is 5.52. The molecule has 1 amide bonds. The molecule has 106 valence electrons. The fourth-order valence-electron chi connectivity index (χ4n) is 2.36. The Labute approximate surface area is 111 Å². The summed E-state index contributed by atoms with van der Waals surface area (Å²) in [4.78, 5) is 16.5. The zero-order valence-corrected chi connectivity index (χ0v) is 12.0. The summed E-state index contributed by atoms with van der Waals surface area (Å²) in [5, 5.41) is 0. The zero-order valence-electron chi connectivity index (χ0n) is 12.0. The summed E-state index contributed by atoms with van der Waals surface area (Å²) in [5.74, 6) is 0.283. The highest BCUT2D eigenvalue weighted by molar-refractivity contribution is 5.78. The maximum absolute atomic E-state index is 12.3. The maximum Gasteiger partial charge on any atom is 0.236 e. The number of nitrogens with two attached hydrogens (primary N) is 1. The van der Waals surface area contributed by atoms with E-state index in [1.807, 2.05) is 4.90 Å². The molecule has 1 fully saturated rings. The molecule has 1 aliphatic rings. The Bertz CT molecular complexity index is 237. The number of hydrogen-bond donors (Lipinski definition) is 1. The first-order chi connectivity index (χ1) is 8.67. The van der Waals surface area contributed by atoms with Crippen molar-refractivity contribution in [1.82, 2.24) is 9.80 Å². The monoisotopic (exact) mass is 255 g/mol. The Morgan fingerprint density at radius 3 is 2.33 bits per heavy atom. The molecule has 0 aromatic heterocycles. The van der Waals surface area contributed by atoms with Crippen LogP contribution in [0.15, 0.2) is 0 Å². The number of carbonyl (C=O) groups is 1. The second-order valence-corrected chi connectivity index (χ2v) is 5.37. The first-order valence-corrected chi connectivity index (χ1v) is 7.43. The largest absolute Gasteiger partial charge is 0.342 e. The standard InChI is InChI=1S/C14H29N3O/c1-3-5-8-17(9-6-4-2)14(18)12-16-10-7-13(15)11-16/h13H,3-12,15H2,1-2H3/t13-/m0/s1. The third-order valence-electron chi connectivity index (χ3n) is 3.58. The van der Waals surface area contributed by atoms with E-state index in [1.165, 1.54) is 0 Å². The minimum absolute atomic E-state index is 0.262. The van der Waals surface area contributed by atoms with Crippen molar-refractivity contribution in [2.24, 2.45) is 5.73 Å². The van der Waals surface area contributed by atoms with Crippen molar-refractivity contribution < 1.29 is 4.79 Å². The van der Waals surface area contributed by atoms with E-state index < -0.39 is 0 Å². The van der Waals surface area contributed by atoms with Gasteiger partial charge in [-0.15, -0.1) is 0 Å². The van der Waals surface area contributed by atoms with Gasteiger partial charge >= 0.3 is 0 Å². The zero-order chi connectivity index (χ0) is 13.4. The van der Waals surface area contributed by atoms with E-state index in [0.29, 0.717) is 6.54 Å². The molecule has 0 aliphatic carbocycles. The normalized spacial score (nSPS) is 20.3. The Morgan fingerprint density at radius 2 is 1.89 bits per heavy atom. The van der Waals surface area contributed by atoms with Gasteiger partial charge in [0, 0.05) is 32.2 Å². The molecular weight excluding hydrogens is 226 g/mol. The van der Waals surface area contributed by atoms with Crippen LogP contribution in [0, 0.1) is 0 Å². The molecule has 1 heterocycles. The molecule has 0 unspecified atom stereocenters. The van der Waals surface area contributed by atoms with Crippen LogP contribution in [0.1, 0.15) is 46.0 Å². The Kier molecular flexibility index (Phi) is 7.28. The fourth-order valence-corrected chi connectivity index (χ4v) is 2.36. The molecule has 0 saturated carbocycles. The van der Waals surface area contributed by atoms with Crippen molar-refractivity contribution in [2.75, 3.05) is 32.7 Å². The SMILES string of the molecule is CCCCN(CCCC)C(=O)CN1CC[C@H](N)C1. The lowest BCUT2D eigenvalue weighted by Crippen LogP contribution is -2.41. The Morgan fingerprint density at radius 1 is 1.28 bits per heavy atom. The van der Waals surface area contributed by atoms with Gasteiger partial charge in [-0.2, -0.15) is 0 Å². The van der Waals surface area contributed by atoms with Gasteiger partial charge in [0.25, 0.3) is 0 Å². The minimum Gasteiger partial charge on any atom is -0.342 e. The van der Waals surface area contributed by atoms with Crippen LogP contribution in [0.4, 0.5) is 0 Å². The van der Waals surface area contributed by atoms with Crippen LogP contribution in [0.25, 0.3) is 0 Å². The highest BCUT2D eigenvalue weighted by Gasteiger charge is 2.23. The van der Waals surface area contributed by atoms with Crippen LogP contribution in [0.5, 0.6) is 0 Å².